The van der Waals surface area contributed by atoms with Crippen molar-refractivity contribution in [2.45, 2.75) is 30.7 Å². The zero-order chi connectivity index (χ0) is 16.0. The SMILES string of the molecule is Cc1ccc2c(c1)CCC2NS(=O)(=O)c1cnc2ccsc2c1. The van der Waals surface area contributed by atoms with E-state index in [1.807, 2.05) is 23.6 Å². The lowest BCUT2D eigenvalue weighted by Gasteiger charge is -2.14. The van der Waals surface area contributed by atoms with Gasteiger partial charge in [-0.25, -0.2) is 13.1 Å². The summed E-state index contributed by atoms with van der Waals surface area (Å²) < 4.78 is 29.1. The molecule has 1 aromatic carbocycles. The Morgan fingerprint density at radius 2 is 2.13 bits per heavy atom. The molecule has 23 heavy (non-hydrogen) atoms. The smallest absolute Gasteiger partial charge is 0.242 e. The van der Waals surface area contributed by atoms with E-state index < -0.39 is 10.0 Å². The molecule has 1 N–H and O–H groups in total. The van der Waals surface area contributed by atoms with Crippen LogP contribution in [-0.4, -0.2) is 13.4 Å². The van der Waals surface area contributed by atoms with Gasteiger partial charge < -0.3 is 0 Å². The molecule has 3 aromatic rings. The summed E-state index contributed by atoms with van der Waals surface area (Å²) in [7, 11) is -3.57. The van der Waals surface area contributed by atoms with Crippen molar-refractivity contribution in [1.82, 2.24) is 9.71 Å². The number of aromatic nitrogens is 1. The Morgan fingerprint density at radius 1 is 1.26 bits per heavy atom. The lowest BCUT2D eigenvalue weighted by atomic mass is 10.1. The van der Waals surface area contributed by atoms with Gasteiger partial charge in [0.1, 0.15) is 4.90 Å². The second-order valence-corrected chi connectivity index (χ2v) is 8.55. The molecule has 0 fully saturated rings. The number of hydrogen-bond acceptors (Lipinski definition) is 4. The molecular formula is C17H16N2O2S2. The number of thiophene rings is 1. The van der Waals surface area contributed by atoms with E-state index in [9.17, 15) is 8.42 Å². The minimum atomic E-state index is -3.57. The van der Waals surface area contributed by atoms with E-state index in [0.717, 1.165) is 28.6 Å². The third-order valence-electron chi connectivity index (χ3n) is 4.26. The summed E-state index contributed by atoms with van der Waals surface area (Å²) in [5, 5.41) is 1.91. The predicted molar refractivity (Wildman–Crippen MR) is 92.2 cm³/mol. The lowest BCUT2D eigenvalue weighted by Crippen LogP contribution is -2.27. The third kappa shape index (κ3) is 2.67. The number of benzene rings is 1. The molecule has 4 nitrogen and oxygen atoms in total. The van der Waals surface area contributed by atoms with E-state index >= 15 is 0 Å². The van der Waals surface area contributed by atoms with Crippen LogP contribution in [0.3, 0.4) is 0 Å². The van der Waals surface area contributed by atoms with Crippen molar-refractivity contribution >= 4 is 31.6 Å². The molecule has 0 spiro atoms. The van der Waals surface area contributed by atoms with Crippen LogP contribution in [0.2, 0.25) is 0 Å². The number of aryl methyl sites for hydroxylation is 2. The first kappa shape index (κ1) is 14.8. The van der Waals surface area contributed by atoms with E-state index in [0.29, 0.717) is 0 Å². The summed E-state index contributed by atoms with van der Waals surface area (Å²) in [5.41, 5.74) is 4.36. The maximum atomic E-state index is 12.7. The zero-order valence-electron chi connectivity index (χ0n) is 12.6. The van der Waals surface area contributed by atoms with Crippen molar-refractivity contribution in [3.63, 3.8) is 0 Å². The molecule has 0 bridgehead atoms. The maximum absolute atomic E-state index is 12.7. The topological polar surface area (TPSA) is 59.1 Å². The second kappa shape index (κ2) is 5.40. The van der Waals surface area contributed by atoms with Gasteiger partial charge in [0.15, 0.2) is 0 Å². The Hall–Kier alpha value is -1.76. The molecule has 6 heteroatoms. The van der Waals surface area contributed by atoms with Crippen LogP contribution in [0.25, 0.3) is 10.2 Å². The number of nitrogens with one attached hydrogen (secondary N) is 1. The highest BCUT2D eigenvalue weighted by atomic mass is 32.2. The van der Waals surface area contributed by atoms with E-state index in [1.165, 1.54) is 28.7 Å². The Bertz CT molecular complexity index is 993. The second-order valence-electron chi connectivity index (χ2n) is 5.89. The van der Waals surface area contributed by atoms with Gasteiger partial charge in [-0.1, -0.05) is 23.8 Å². The van der Waals surface area contributed by atoms with Gasteiger partial charge in [-0.3, -0.25) is 4.98 Å². The van der Waals surface area contributed by atoms with Crippen LogP contribution < -0.4 is 4.72 Å². The molecule has 0 aliphatic heterocycles. The highest BCUT2D eigenvalue weighted by Crippen LogP contribution is 2.33. The van der Waals surface area contributed by atoms with Crippen LogP contribution in [0.5, 0.6) is 0 Å². The highest BCUT2D eigenvalue weighted by molar-refractivity contribution is 7.89. The number of sulfonamides is 1. The van der Waals surface area contributed by atoms with E-state index in [-0.39, 0.29) is 10.9 Å². The van der Waals surface area contributed by atoms with Gasteiger partial charge in [-0.05, 0) is 48.4 Å². The summed E-state index contributed by atoms with van der Waals surface area (Å²) in [6, 6.07) is 9.63. The molecule has 2 heterocycles. The first-order chi connectivity index (χ1) is 11.0. The van der Waals surface area contributed by atoms with Crippen LogP contribution in [0.1, 0.15) is 29.2 Å². The molecule has 118 valence electrons. The van der Waals surface area contributed by atoms with Gasteiger partial charge in [0.2, 0.25) is 10.0 Å². The molecule has 4 rings (SSSR count). The van der Waals surface area contributed by atoms with Gasteiger partial charge in [-0.2, -0.15) is 0 Å². The number of pyridine rings is 1. The summed E-state index contributed by atoms with van der Waals surface area (Å²) in [6.45, 7) is 2.06. The molecular weight excluding hydrogens is 328 g/mol. The molecule has 1 aliphatic rings. The fourth-order valence-electron chi connectivity index (χ4n) is 3.10. The third-order valence-corrected chi connectivity index (χ3v) is 6.55. The average molecular weight is 344 g/mol. The van der Waals surface area contributed by atoms with E-state index in [1.54, 1.807) is 6.07 Å². The number of hydrogen-bond donors (Lipinski definition) is 1. The lowest BCUT2D eigenvalue weighted by molar-refractivity contribution is 0.554. The monoisotopic (exact) mass is 344 g/mol. The number of rotatable bonds is 3. The Labute approximate surface area is 139 Å². The van der Waals surface area contributed by atoms with Crippen molar-refractivity contribution in [1.29, 1.82) is 0 Å². The highest BCUT2D eigenvalue weighted by Gasteiger charge is 2.27. The summed E-state index contributed by atoms with van der Waals surface area (Å²) in [5.74, 6) is 0. The van der Waals surface area contributed by atoms with Gasteiger partial charge in [0, 0.05) is 12.2 Å². The minimum absolute atomic E-state index is 0.158. The molecule has 0 amide bonds. The van der Waals surface area contributed by atoms with Crippen molar-refractivity contribution in [2.75, 3.05) is 0 Å². The summed E-state index contributed by atoms with van der Waals surface area (Å²) >= 11 is 1.50. The standard InChI is InChI=1S/C17H16N2O2S2/c1-11-2-4-14-12(8-11)3-5-15(14)19-23(20,21)13-9-17-16(18-10-13)6-7-22-17/h2,4,6-10,15,19H,3,5H2,1H3. The molecule has 1 atom stereocenters. The van der Waals surface area contributed by atoms with Crippen LogP contribution in [0.15, 0.2) is 46.8 Å². The van der Waals surface area contributed by atoms with Crippen LogP contribution >= 0.6 is 11.3 Å². The maximum Gasteiger partial charge on any atom is 0.242 e. The average Bonchev–Trinajstić information content (AvgIpc) is 3.13. The van der Waals surface area contributed by atoms with E-state index in [4.69, 9.17) is 0 Å². The van der Waals surface area contributed by atoms with E-state index in [2.05, 4.69) is 22.7 Å². The molecule has 0 saturated heterocycles. The van der Waals surface area contributed by atoms with Gasteiger partial charge in [0.05, 0.1) is 10.2 Å². The predicted octanol–water partition coefficient (Wildman–Crippen LogP) is 3.57. The van der Waals surface area contributed by atoms with Gasteiger partial charge >= 0.3 is 0 Å². The summed E-state index contributed by atoms with van der Waals surface area (Å²) in [6.07, 6.45) is 3.14. The zero-order valence-corrected chi connectivity index (χ0v) is 14.2. The fourth-order valence-corrected chi connectivity index (χ4v) is 5.17. The number of nitrogens with zero attached hydrogens (tertiary/aromatic N) is 1. The Morgan fingerprint density at radius 3 is 3.00 bits per heavy atom. The van der Waals surface area contributed by atoms with Crippen LogP contribution in [-0.2, 0) is 16.4 Å². The minimum Gasteiger partial charge on any atom is -0.254 e. The molecule has 2 aromatic heterocycles. The first-order valence-electron chi connectivity index (χ1n) is 7.48. The van der Waals surface area contributed by atoms with Crippen molar-refractivity contribution in [2.24, 2.45) is 0 Å². The van der Waals surface area contributed by atoms with Crippen molar-refractivity contribution < 1.29 is 8.42 Å². The van der Waals surface area contributed by atoms with Gasteiger partial charge in [0.25, 0.3) is 0 Å². The number of fused-ring (bicyclic) bond motifs is 2. The quantitative estimate of drug-likeness (QED) is 0.790. The van der Waals surface area contributed by atoms with Crippen molar-refractivity contribution in [3.05, 3.63) is 58.6 Å². The first-order valence-corrected chi connectivity index (χ1v) is 9.84. The van der Waals surface area contributed by atoms with Crippen LogP contribution in [0, 0.1) is 6.92 Å². The summed E-state index contributed by atoms with van der Waals surface area (Å²) in [4.78, 5) is 4.46. The van der Waals surface area contributed by atoms with Crippen LogP contribution in [0.4, 0.5) is 0 Å². The Kier molecular flexibility index (Phi) is 3.48. The van der Waals surface area contributed by atoms with Gasteiger partial charge in [-0.15, -0.1) is 11.3 Å². The molecule has 0 saturated carbocycles. The molecule has 0 radical (unpaired) electrons. The normalized spacial score (nSPS) is 17.5. The fraction of sp³-hybridized carbons (Fsp3) is 0.235. The van der Waals surface area contributed by atoms with Crippen molar-refractivity contribution in [3.8, 4) is 0 Å². The largest absolute Gasteiger partial charge is 0.254 e. The molecule has 1 unspecified atom stereocenters. The molecule has 1 aliphatic carbocycles. The Balaban J connectivity index is 1.66.